The summed E-state index contributed by atoms with van der Waals surface area (Å²) in [5, 5.41) is 35.5. The molecule has 0 aromatic heterocycles. The van der Waals surface area contributed by atoms with Crippen LogP contribution in [-0.4, -0.2) is 56.1 Å². The number of benzene rings is 4. The number of hydrazone groups is 2. The van der Waals surface area contributed by atoms with Gasteiger partial charge in [-0.3, -0.25) is 10.0 Å². The van der Waals surface area contributed by atoms with Crippen molar-refractivity contribution in [3.8, 4) is 0 Å². The Morgan fingerprint density at radius 2 is 0.761 bits per heavy atom. The van der Waals surface area contributed by atoms with E-state index in [2.05, 4.69) is 10.2 Å². The fraction of sp³-hybridized carbons (Fsp3) is 0.235. The van der Waals surface area contributed by atoms with Crippen LogP contribution >= 0.6 is 0 Å². The summed E-state index contributed by atoms with van der Waals surface area (Å²) >= 11 is 0. The second-order valence-corrected chi connectivity index (χ2v) is 11.5. The van der Waals surface area contributed by atoms with Crippen LogP contribution in [0, 0.1) is 0 Å². The van der Waals surface area contributed by atoms with E-state index in [1.807, 2.05) is 0 Å². The highest BCUT2D eigenvalue weighted by Gasteiger charge is 2.74. The molecular formula is C34H26F6N4O2. The van der Waals surface area contributed by atoms with Gasteiger partial charge in [0.25, 0.3) is 0 Å². The number of piperazine rings is 1. The first-order valence-corrected chi connectivity index (χ1v) is 14.4. The van der Waals surface area contributed by atoms with Crippen molar-refractivity contribution in [3.63, 3.8) is 0 Å². The molecule has 0 radical (unpaired) electrons. The quantitative estimate of drug-likeness (QED) is 0.252. The van der Waals surface area contributed by atoms with Crippen molar-refractivity contribution in [2.75, 3.05) is 0 Å². The summed E-state index contributed by atoms with van der Waals surface area (Å²) in [6.45, 7) is 0. The van der Waals surface area contributed by atoms with Gasteiger partial charge in [-0.2, -0.15) is 36.5 Å². The number of nitrogens with zero attached hydrogens (tertiary/aromatic N) is 4. The minimum absolute atomic E-state index is 0.0244. The maximum absolute atomic E-state index is 15.0. The zero-order valence-electron chi connectivity index (χ0n) is 23.8. The van der Waals surface area contributed by atoms with E-state index in [0.29, 0.717) is 0 Å². The highest BCUT2D eigenvalue weighted by Crippen LogP contribution is 2.61. The standard InChI is InChI=1S/C34H26F6N4O2/c35-33(36,37)27-25(21-13-5-1-6-14-21)29-31(45,23-17-9-3-10-18-23)44-30(32(46,43(29)41-27)24-19-11-4-12-20-24)26(22-15-7-2-8-16-22)28(42-44)34(38,39)40/h1-20,25-26,29-30,45-46H/t25-,26-,29?,30?,31+,32+/m1/s1. The van der Waals surface area contributed by atoms with Crippen LogP contribution in [0.4, 0.5) is 26.3 Å². The van der Waals surface area contributed by atoms with Gasteiger partial charge in [-0.25, -0.2) is 0 Å². The fourth-order valence-electron chi connectivity index (χ4n) is 7.16. The van der Waals surface area contributed by atoms with E-state index < -0.39 is 59.1 Å². The Bertz CT molecular complexity index is 1650. The van der Waals surface area contributed by atoms with Crippen molar-refractivity contribution in [1.82, 2.24) is 10.0 Å². The van der Waals surface area contributed by atoms with Gasteiger partial charge in [-0.1, -0.05) is 121 Å². The van der Waals surface area contributed by atoms with Crippen LogP contribution in [0.5, 0.6) is 0 Å². The molecule has 1 saturated heterocycles. The Morgan fingerprint density at radius 3 is 1.04 bits per heavy atom. The van der Waals surface area contributed by atoms with Crippen LogP contribution in [0.15, 0.2) is 132 Å². The molecule has 2 unspecified atom stereocenters. The lowest BCUT2D eigenvalue weighted by molar-refractivity contribution is -0.311. The molecule has 3 aliphatic heterocycles. The third-order valence-corrected chi connectivity index (χ3v) is 9.00. The smallest absolute Gasteiger partial charge is 0.364 e. The zero-order valence-corrected chi connectivity index (χ0v) is 23.8. The second kappa shape index (κ2) is 10.4. The van der Waals surface area contributed by atoms with Crippen LogP contribution in [0.2, 0.25) is 0 Å². The van der Waals surface area contributed by atoms with E-state index in [1.165, 1.54) is 97.1 Å². The van der Waals surface area contributed by atoms with Crippen LogP contribution in [0.3, 0.4) is 0 Å². The maximum atomic E-state index is 15.0. The molecule has 4 aromatic rings. The van der Waals surface area contributed by atoms with Gasteiger partial charge in [0.1, 0.15) is 12.1 Å². The average Bonchev–Trinajstić information content (AvgIpc) is 3.68. The van der Waals surface area contributed by atoms with E-state index in [0.717, 1.165) is 10.0 Å². The van der Waals surface area contributed by atoms with Gasteiger partial charge >= 0.3 is 12.4 Å². The van der Waals surface area contributed by atoms with Crippen LogP contribution in [0.25, 0.3) is 0 Å². The third-order valence-electron chi connectivity index (χ3n) is 9.00. The molecule has 3 aliphatic rings. The van der Waals surface area contributed by atoms with Crippen LogP contribution < -0.4 is 0 Å². The first-order valence-electron chi connectivity index (χ1n) is 14.4. The molecule has 0 spiro atoms. The van der Waals surface area contributed by atoms with E-state index in [4.69, 9.17) is 0 Å². The van der Waals surface area contributed by atoms with Crippen molar-refractivity contribution in [1.29, 1.82) is 0 Å². The molecule has 0 saturated carbocycles. The second-order valence-electron chi connectivity index (χ2n) is 11.5. The molecule has 2 N–H and O–H groups in total. The average molecular weight is 637 g/mol. The van der Waals surface area contributed by atoms with Crippen molar-refractivity contribution in [2.24, 2.45) is 10.2 Å². The predicted octanol–water partition coefficient (Wildman–Crippen LogP) is 6.46. The molecular weight excluding hydrogens is 610 g/mol. The third kappa shape index (κ3) is 4.34. The molecule has 7 rings (SSSR count). The Balaban J connectivity index is 1.60. The molecule has 0 amide bonds. The molecule has 6 atom stereocenters. The van der Waals surface area contributed by atoms with Gasteiger partial charge in [0.2, 0.25) is 11.4 Å². The zero-order chi connectivity index (χ0) is 32.5. The Labute approximate surface area is 259 Å². The van der Waals surface area contributed by atoms with Crippen molar-refractivity contribution in [3.05, 3.63) is 144 Å². The van der Waals surface area contributed by atoms with Crippen LogP contribution in [0.1, 0.15) is 34.1 Å². The van der Waals surface area contributed by atoms with E-state index in [-0.39, 0.29) is 22.3 Å². The fourth-order valence-corrected chi connectivity index (χ4v) is 7.16. The molecule has 236 valence electrons. The predicted molar refractivity (Wildman–Crippen MR) is 157 cm³/mol. The highest BCUT2D eigenvalue weighted by atomic mass is 19.4. The molecule has 4 aromatic carbocycles. The summed E-state index contributed by atoms with van der Waals surface area (Å²) in [5.41, 5.74) is -7.82. The van der Waals surface area contributed by atoms with Crippen molar-refractivity contribution in [2.45, 2.75) is 47.7 Å². The lowest BCUT2D eigenvalue weighted by atomic mass is 9.71. The number of alkyl halides is 6. The van der Waals surface area contributed by atoms with Gasteiger partial charge in [0, 0.05) is 11.1 Å². The number of hydrogen-bond acceptors (Lipinski definition) is 6. The summed E-state index contributed by atoms with van der Waals surface area (Å²) in [6, 6.07) is 26.3. The lowest BCUT2D eigenvalue weighted by Gasteiger charge is -2.60. The first-order chi connectivity index (χ1) is 21.9. The molecule has 6 nitrogen and oxygen atoms in total. The number of fused-ring (bicyclic) bond motifs is 2. The van der Waals surface area contributed by atoms with Crippen molar-refractivity contribution < 1.29 is 36.6 Å². The largest absolute Gasteiger partial charge is 0.431 e. The molecule has 12 heteroatoms. The molecule has 3 heterocycles. The molecule has 1 fully saturated rings. The Morgan fingerprint density at radius 1 is 0.478 bits per heavy atom. The SMILES string of the molecule is O[C@@]1(c2ccccc2)C2[C@H](c3ccccc3)C(C(F)(F)F)=NN2[C@](O)(c2ccccc2)C2[C@H](c3ccccc3)C(C(F)(F)F)=NN21. The van der Waals surface area contributed by atoms with Crippen molar-refractivity contribution >= 4 is 11.4 Å². The first kappa shape index (κ1) is 30.0. The van der Waals surface area contributed by atoms with Gasteiger partial charge in [-0.15, -0.1) is 0 Å². The van der Waals surface area contributed by atoms with Crippen LogP contribution in [-0.2, 0) is 11.4 Å². The normalized spacial score (nSPS) is 29.2. The summed E-state index contributed by atoms with van der Waals surface area (Å²) in [4.78, 5) is 0. The summed E-state index contributed by atoms with van der Waals surface area (Å²) < 4.78 is 89.9. The number of hydrogen-bond donors (Lipinski definition) is 2. The lowest BCUT2D eigenvalue weighted by Crippen LogP contribution is -2.74. The molecule has 0 aliphatic carbocycles. The van der Waals surface area contributed by atoms with E-state index in [1.54, 1.807) is 24.3 Å². The summed E-state index contributed by atoms with van der Waals surface area (Å²) in [7, 11) is 0. The Hall–Kier alpha value is -4.68. The molecule has 46 heavy (non-hydrogen) atoms. The number of aliphatic hydroxyl groups is 2. The van der Waals surface area contributed by atoms with Gasteiger partial charge in [-0.05, 0) is 11.1 Å². The minimum Gasteiger partial charge on any atom is -0.364 e. The number of halogens is 6. The van der Waals surface area contributed by atoms with Gasteiger partial charge in [0.15, 0.2) is 11.4 Å². The van der Waals surface area contributed by atoms with E-state index >= 15 is 0 Å². The minimum atomic E-state index is -5.04. The summed E-state index contributed by atoms with van der Waals surface area (Å²) in [6.07, 6.45) is -10.1. The Kier molecular flexibility index (Phi) is 6.80. The van der Waals surface area contributed by atoms with Gasteiger partial charge < -0.3 is 10.2 Å². The number of rotatable bonds is 4. The molecule has 0 bridgehead atoms. The highest BCUT2D eigenvalue weighted by molar-refractivity contribution is 5.99. The van der Waals surface area contributed by atoms with Gasteiger partial charge in [0.05, 0.1) is 11.8 Å². The van der Waals surface area contributed by atoms with E-state index in [9.17, 15) is 36.6 Å². The maximum Gasteiger partial charge on any atom is 0.431 e. The summed E-state index contributed by atoms with van der Waals surface area (Å²) in [5.74, 6) is -3.49. The topological polar surface area (TPSA) is 71.7 Å². The monoisotopic (exact) mass is 636 g/mol.